The van der Waals surface area contributed by atoms with Crippen LogP contribution in [0.3, 0.4) is 0 Å². The summed E-state index contributed by atoms with van der Waals surface area (Å²) in [5.74, 6) is 1.32. The average Bonchev–Trinajstić information content (AvgIpc) is 3.00. The van der Waals surface area contributed by atoms with Gasteiger partial charge in [0, 0.05) is 44.5 Å². The number of aryl methyl sites for hydroxylation is 2. The lowest BCUT2D eigenvalue weighted by atomic mass is 10.2. The Labute approximate surface area is 115 Å². The van der Waals surface area contributed by atoms with Gasteiger partial charge in [-0.3, -0.25) is 4.79 Å². The van der Waals surface area contributed by atoms with Crippen LogP contribution in [-0.2, 0) is 11.3 Å². The summed E-state index contributed by atoms with van der Waals surface area (Å²) in [5.41, 5.74) is 0. The Kier molecular flexibility index (Phi) is 4.96. The van der Waals surface area contributed by atoms with Crippen LogP contribution in [0.5, 0.6) is 0 Å². The van der Waals surface area contributed by atoms with Crippen LogP contribution in [-0.4, -0.2) is 46.5 Å². The molecular weight excluding hydrogens is 240 g/mol. The van der Waals surface area contributed by atoms with Gasteiger partial charge in [-0.25, -0.2) is 4.98 Å². The molecule has 1 aromatic heterocycles. The fourth-order valence-corrected chi connectivity index (χ4v) is 2.80. The number of carbonyl (C=O) groups is 1. The molecule has 19 heavy (non-hydrogen) atoms. The molecule has 1 atom stereocenters. The number of aromatic nitrogens is 2. The van der Waals surface area contributed by atoms with Crippen molar-refractivity contribution in [1.29, 1.82) is 0 Å². The molecule has 0 radical (unpaired) electrons. The second-order valence-corrected chi connectivity index (χ2v) is 5.21. The molecule has 2 rings (SSSR count). The van der Waals surface area contributed by atoms with Crippen LogP contribution in [0.1, 0.15) is 31.5 Å². The van der Waals surface area contributed by atoms with Crippen LogP contribution < -0.4 is 5.32 Å². The molecule has 0 bridgehead atoms. The summed E-state index contributed by atoms with van der Waals surface area (Å²) in [6, 6.07) is 0.396. The molecule has 0 saturated carbocycles. The summed E-state index contributed by atoms with van der Waals surface area (Å²) in [6.07, 6.45) is 7.57. The average molecular weight is 264 g/mol. The first-order chi connectivity index (χ1) is 9.22. The van der Waals surface area contributed by atoms with Crippen LogP contribution in [0.15, 0.2) is 12.4 Å². The number of imidazole rings is 1. The van der Waals surface area contributed by atoms with Crippen molar-refractivity contribution < 1.29 is 4.79 Å². The van der Waals surface area contributed by atoms with Crippen molar-refractivity contribution in [3.8, 4) is 0 Å². The van der Waals surface area contributed by atoms with Crippen LogP contribution >= 0.6 is 0 Å². The lowest BCUT2D eigenvalue weighted by molar-refractivity contribution is -0.132. The van der Waals surface area contributed by atoms with E-state index in [9.17, 15) is 4.79 Å². The maximum atomic E-state index is 12.2. The van der Waals surface area contributed by atoms with Gasteiger partial charge in [0.2, 0.25) is 5.91 Å². The van der Waals surface area contributed by atoms with E-state index in [-0.39, 0.29) is 0 Å². The fourth-order valence-electron chi connectivity index (χ4n) is 2.80. The summed E-state index contributed by atoms with van der Waals surface area (Å²) < 4.78 is 2.10. The molecule has 1 aliphatic heterocycles. The van der Waals surface area contributed by atoms with Crippen molar-refractivity contribution in [2.75, 3.05) is 20.1 Å². The van der Waals surface area contributed by atoms with Gasteiger partial charge in [0.05, 0.1) is 0 Å². The van der Waals surface area contributed by atoms with Crippen LogP contribution in [0, 0.1) is 6.92 Å². The quantitative estimate of drug-likeness (QED) is 0.839. The Morgan fingerprint density at radius 1 is 1.58 bits per heavy atom. The molecule has 1 fully saturated rings. The molecule has 0 aromatic carbocycles. The zero-order valence-electron chi connectivity index (χ0n) is 11.9. The molecular formula is C14H24N4O. The highest BCUT2D eigenvalue weighted by atomic mass is 16.2. The third kappa shape index (κ3) is 3.56. The maximum absolute atomic E-state index is 12.2. The topological polar surface area (TPSA) is 50.2 Å². The van der Waals surface area contributed by atoms with Crippen LogP contribution in [0.25, 0.3) is 0 Å². The summed E-state index contributed by atoms with van der Waals surface area (Å²) in [7, 11) is 1.95. The van der Waals surface area contributed by atoms with E-state index in [1.165, 1.54) is 0 Å². The number of likely N-dealkylation sites (tertiary alicyclic amines) is 1. The minimum Gasteiger partial charge on any atom is -0.338 e. The van der Waals surface area contributed by atoms with Gasteiger partial charge in [-0.05, 0) is 33.2 Å². The molecule has 0 unspecified atom stereocenters. The number of likely N-dealkylation sites (N-methyl/N-ethyl adjacent to an activating group) is 1. The highest BCUT2D eigenvalue weighted by molar-refractivity contribution is 5.76. The summed E-state index contributed by atoms with van der Waals surface area (Å²) >= 11 is 0. The fraction of sp³-hybridized carbons (Fsp3) is 0.714. The first-order valence-corrected chi connectivity index (χ1v) is 7.14. The molecule has 0 spiro atoms. The van der Waals surface area contributed by atoms with Crippen LogP contribution in [0.2, 0.25) is 0 Å². The number of amides is 1. The number of nitrogens with one attached hydrogen (secondary N) is 1. The third-order valence-electron chi connectivity index (χ3n) is 3.85. The third-order valence-corrected chi connectivity index (χ3v) is 3.85. The summed E-state index contributed by atoms with van der Waals surface area (Å²) in [6.45, 7) is 4.70. The Balaban J connectivity index is 1.76. The van der Waals surface area contributed by atoms with Gasteiger partial charge < -0.3 is 14.8 Å². The van der Waals surface area contributed by atoms with E-state index in [1.807, 2.05) is 20.2 Å². The van der Waals surface area contributed by atoms with Gasteiger partial charge in [0.25, 0.3) is 0 Å². The predicted molar refractivity (Wildman–Crippen MR) is 74.9 cm³/mol. The molecule has 1 amide bonds. The maximum Gasteiger partial charge on any atom is 0.222 e. The Morgan fingerprint density at radius 3 is 3.11 bits per heavy atom. The first kappa shape index (κ1) is 14.1. The summed E-state index contributed by atoms with van der Waals surface area (Å²) in [5, 5.41) is 3.17. The Hall–Kier alpha value is -1.36. The van der Waals surface area contributed by atoms with Gasteiger partial charge >= 0.3 is 0 Å². The lowest BCUT2D eigenvalue weighted by Gasteiger charge is -2.24. The number of rotatable bonds is 6. The number of hydrogen-bond donors (Lipinski definition) is 1. The van der Waals surface area contributed by atoms with E-state index < -0.39 is 0 Å². The molecule has 5 heteroatoms. The molecule has 2 heterocycles. The van der Waals surface area contributed by atoms with Crippen LogP contribution in [0.4, 0.5) is 0 Å². The molecule has 1 aliphatic rings. The largest absolute Gasteiger partial charge is 0.338 e. The van der Waals surface area contributed by atoms with Crippen molar-refractivity contribution >= 4 is 5.91 Å². The van der Waals surface area contributed by atoms with E-state index >= 15 is 0 Å². The molecule has 0 aliphatic carbocycles. The zero-order chi connectivity index (χ0) is 13.7. The first-order valence-electron chi connectivity index (χ1n) is 7.14. The van der Waals surface area contributed by atoms with Crippen molar-refractivity contribution in [3.63, 3.8) is 0 Å². The number of carbonyl (C=O) groups excluding carboxylic acids is 1. The Bertz CT molecular complexity index is 415. The summed E-state index contributed by atoms with van der Waals surface area (Å²) in [4.78, 5) is 18.5. The minimum atomic E-state index is 0.301. The SMILES string of the molecule is CNC[C@H]1CCCN1C(=O)CCCn1ccnc1C. The van der Waals surface area contributed by atoms with Gasteiger partial charge in [-0.15, -0.1) is 0 Å². The Morgan fingerprint density at radius 2 is 2.42 bits per heavy atom. The molecule has 1 N–H and O–H groups in total. The van der Waals surface area contributed by atoms with E-state index in [4.69, 9.17) is 0 Å². The molecule has 1 saturated heterocycles. The van der Waals surface area contributed by atoms with E-state index in [0.29, 0.717) is 18.4 Å². The van der Waals surface area contributed by atoms with Gasteiger partial charge in [-0.2, -0.15) is 0 Å². The van der Waals surface area contributed by atoms with Crippen molar-refractivity contribution in [2.24, 2.45) is 0 Å². The van der Waals surface area contributed by atoms with E-state index in [0.717, 1.165) is 44.7 Å². The number of nitrogens with zero attached hydrogens (tertiary/aromatic N) is 3. The monoisotopic (exact) mass is 264 g/mol. The highest BCUT2D eigenvalue weighted by Gasteiger charge is 2.27. The van der Waals surface area contributed by atoms with Crippen molar-refractivity contribution in [2.45, 2.75) is 45.2 Å². The second kappa shape index (κ2) is 6.70. The zero-order valence-corrected chi connectivity index (χ0v) is 11.9. The lowest BCUT2D eigenvalue weighted by Crippen LogP contribution is -2.40. The molecule has 106 valence electrons. The number of hydrogen-bond acceptors (Lipinski definition) is 3. The van der Waals surface area contributed by atoms with Gasteiger partial charge in [-0.1, -0.05) is 0 Å². The molecule has 5 nitrogen and oxygen atoms in total. The second-order valence-electron chi connectivity index (χ2n) is 5.21. The van der Waals surface area contributed by atoms with Crippen molar-refractivity contribution in [1.82, 2.24) is 19.8 Å². The van der Waals surface area contributed by atoms with E-state index in [1.54, 1.807) is 6.20 Å². The smallest absolute Gasteiger partial charge is 0.222 e. The van der Waals surface area contributed by atoms with Crippen molar-refractivity contribution in [3.05, 3.63) is 18.2 Å². The predicted octanol–water partition coefficient (Wildman–Crippen LogP) is 1.18. The normalized spacial score (nSPS) is 19.1. The highest BCUT2D eigenvalue weighted by Crippen LogP contribution is 2.18. The molecule has 1 aromatic rings. The van der Waals surface area contributed by atoms with E-state index in [2.05, 4.69) is 19.8 Å². The van der Waals surface area contributed by atoms with Gasteiger partial charge in [0.15, 0.2) is 0 Å². The minimum absolute atomic E-state index is 0.301. The standard InChI is InChI=1S/C14H24N4O/c1-12-16-7-10-17(12)8-4-6-14(19)18-9-3-5-13(18)11-15-2/h7,10,13,15H,3-6,8-9,11H2,1-2H3/t13-/m1/s1. The van der Waals surface area contributed by atoms with Gasteiger partial charge in [0.1, 0.15) is 5.82 Å².